The van der Waals surface area contributed by atoms with Gasteiger partial charge in [0, 0.05) is 12.6 Å². The van der Waals surface area contributed by atoms with Crippen molar-refractivity contribution in [3.63, 3.8) is 0 Å². The largest absolute Gasteiger partial charge is 0.368 e. The molecule has 0 bridgehead atoms. The van der Waals surface area contributed by atoms with Crippen LogP contribution in [0.3, 0.4) is 0 Å². The molecule has 29 heavy (non-hydrogen) atoms. The fraction of sp³-hybridized carbons (Fsp3) is 0.773. The summed E-state index contributed by atoms with van der Waals surface area (Å²) in [5.41, 5.74) is 1.92. The van der Waals surface area contributed by atoms with Crippen molar-refractivity contribution in [1.29, 1.82) is 0 Å². The molecule has 2 aromatic rings. The Morgan fingerprint density at radius 2 is 1.48 bits per heavy atom. The molecule has 0 spiro atoms. The van der Waals surface area contributed by atoms with Crippen molar-refractivity contribution in [2.24, 2.45) is 0 Å². The second-order valence-electron chi connectivity index (χ2n) is 8.09. The normalized spacial score (nSPS) is 14.0. The van der Waals surface area contributed by atoms with E-state index in [4.69, 9.17) is 0 Å². The number of anilines is 1. The van der Waals surface area contributed by atoms with Gasteiger partial charge in [0.2, 0.25) is 0 Å². The highest BCUT2D eigenvalue weighted by Gasteiger charge is 2.20. The first-order valence-corrected chi connectivity index (χ1v) is 11.3. The molecule has 1 aliphatic carbocycles. The molecule has 7 heteroatoms. The fourth-order valence-electron chi connectivity index (χ4n) is 4.25. The van der Waals surface area contributed by atoms with Crippen molar-refractivity contribution in [3.8, 4) is 0 Å². The third-order valence-electron chi connectivity index (χ3n) is 5.90. The minimum atomic E-state index is 0. The molecule has 2 aromatic heterocycles. The smallest absolute Gasteiger partial charge is 0.165 e. The van der Waals surface area contributed by atoms with E-state index >= 15 is 0 Å². The second-order valence-corrected chi connectivity index (χ2v) is 8.09. The number of nitrogens with one attached hydrogen (secondary N) is 1. The highest BCUT2D eigenvalue weighted by molar-refractivity contribution is 5.85. The van der Waals surface area contributed by atoms with Gasteiger partial charge in [0.25, 0.3) is 0 Å². The first kappa shape index (κ1) is 26.0. The summed E-state index contributed by atoms with van der Waals surface area (Å²) in [6, 6.07) is 0.569. The van der Waals surface area contributed by atoms with E-state index in [0.29, 0.717) is 6.04 Å². The molecular weight excluding hydrogens is 405 g/mol. The maximum Gasteiger partial charge on any atom is 0.165 e. The lowest BCUT2D eigenvalue weighted by Crippen LogP contribution is -2.06. The number of hydrogen-bond acceptors (Lipinski definition) is 4. The van der Waals surface area contributed by atoms with Crippen molar-refractivity contribution >= 4 is 41.8 Å². The number of hydrogen-bond donors (Lipinski definition) is 1. The number of fused-ring (bicyclic) bond motifs is 1. The summed E-state index contributed by atoms with van der Waals surface area (Å²) in [5.74, 6) is 0.896. The zero-order valence-corrected chi connectivity index (χ0v) is 19.6. The van der Waals surface area contributed by atoms with Crippen LogP contribution in [0, 0.1) is 0 Å². The van der Waals surface area contributed by atoms with Gasteiger partial charge in [-0.25, -0.2) is 15.0 Å². The van der Waals surface area contributed by atoms with E-state index in [2.05, 4.69) is 31.8 Å². The standard InChI is InChI=1S/C22H37N5.2ClH/c1-2-3-4-5-6-7-8-9-10-13-16-23-21-20-22(25-17-24-21)27(18-26-20)19-14-11-12-15-19;;/h17-19H,2-16H2,1H3,(H,23,24,25);2*1H. The number of unbranched alkanes of at least 4 members (excludes halogenated alkanes) is 9. The molecule has 3 rings (SSSR count). The summed E-state index contributed by atoms with van der Waals surface area (Å²) in [6.45, 7) is 3.25. The van der Waals surface area contributed by atoms with Crippen LogP contribution in [0.5, 0.6) is 0 Å². The molecule has 166 valence electrons. The molecule has 1 fully saturated rings. The Balaban J connectivity index is 0.00000210. The lowest BCUT2D eigenvalue weighted by atomic mass is 10.1. The third-order valence-corrected chi connectivity index (χ3v) is 5.90. The lowest BCUT2D eigenvalue weighted by molar-refractivity contribution is 0.529. The van der Waals surface area contributed by atoms with Crippen LogP contribution in [-0.4, -0.2) is 26.1 Å². The second kappa shape index (κ2) is 14.8. The van der Waals surface area contributed by atoms with E-state index in [1.807, 2.05) is 6.33 Å². The summed E-state index contributed by atoms with van der Waals surface area (Å²) in [6.07, 6.45) is 22.4. The van der Waals surface area contributed by atoms with Gasteiger partial charge < -0.3 is 9.88 Å². The monoisotopic (exact) mass is 443 g/mol. The van der Waals surface area contributed by atoms with Crippen LogP contribution in [0.2, 0.25) is 0 Å². The van der Waals surface area contributed by atoms with E-state index in [0.717, 1.165) is 23.5 Å². The predicted molar refractivity (Wildman–Crippen MR) is 128 cm³/mol. The van der Waals surface area contributed by atoms with Crippen molar-refractivity contribution in [1.82, 2.24) is 19.5 Å². The molecule has 5 nitrogen and oxygen atoms in total. The minimum Gasteiger partial charge on any atom is -0.368 e. The summed E-state index contributed by atoms with van der Waals surface area (Å²) < 4.78 is 2.26. The molecule has 0 saturated heterocycles. The number of aromatic nitrogens is 4. The Kier molecular flexibility index (Phi) is 13.3. The molecule has 0 amide bonds. The summed E-state index contributed by atoms with van der Waals surface area (Å²) in [7, 11) is 0. The Hall–Kier alpha value is -1.07. The molecule has 0 aromatic carbocycles. The van der Waals surface area contributed by atoms with E-state index in [9.17, 15) is 0 Å². The van der Waals surface area contributed by atoms with E-state index in [-0.39, 0.29) is 24.8 Å². The number of halogens is 2. The molecular formula is C22H39Cl2N5. The van der Waals surface area contributed by atoms with Crippen LogP contribution in [0.4, 0.5) is 5.82 Å². The van der Waals surface area contributed by atoms with Gasteiger partial charge in [-0.3, -0.25) is 0 Å². The fourth-order valence-corrected chi connectivity index (χ4v) is 4.25. The molecule has 0 radical (unpaired) electrons. The highest BCUT2D eigenvalue weighted by atomic mass is 35.5. The Morgan fingerprint density at radius 3 is 2.14 bits per heavy atom. The quantitative estimate of drug-likeness (QED) is 0.334. The van der Waals surface area contributed by atoms with Gasteiger partial charge in [0.1, 0.15) is 11.8 Å². The molecule has 1 saturated carbocycles. The average molecular weight is 444 g/mol. The predicted octanol–water partition coefficient (Wildman–Crippen LogP) is 7.12. The van der Waals surface area contributed by atoms with E-state index in [1.165, 1.54) is 89.9 Å². The average Bonchev–Trinajstić information content (AvgIpc) is 3.35. The summed E-state index contributed by atoms with van der Waals surface area (Å²) >= 11 is 0. The molecule has 0 unspecified atom stereocenters. The van der Waals surface area contributed by atoms with Gasteiger partial charge in [-0.05, 0) is 19.3 Å². The topological polar surface area (TPSA) is 55.6 Å². The van der Waals surface area contributed by atoms with Gasteiger partial charge in [-0.1, -0.05) is 77.6 Å². The highest BCUT2D eigenvalue weighted by Crippen LogP contribution is 2.32. The van der Waals surface area contributed by atoms with Gasteiger partial charge in [-0.15, -0.1) is 24.8 Å². The van der Waals surface area contributed by atoms with Crippen LogP contribution < -0.4 is 5.32 Å². The van der Waals surface area contributed by atoms with E-state index < -0.39 is 0 Å². The van der Waals surface area contributed by atoms with Crippen LogP contribution >= 0.6 is 24.8 Å². The zero-order valence-electron chi connectivity index (χ0n) is 17.9. The maximum atomic E-state index is 4.61. The first-order chi connectivity index (χ1) is 13.4. The van der Waals surface area contributed by atoms with Crippen LogP contribution in [0.15, 0.2) is 12.7 Å². The van der Waals surface area contributed by atoms with E-state index in [1.54, 1.807) is 6.33 Å². The first-order valence-electron chi connectivity index (χ1n) is 11.3. The third kappa shape index (κ3) is 7.93. The molecule has 0 atom stereocenters. The Bertz CT molecular complexity index is 670. The van der Waals surface area contributed by atoms with Crippen LogP contribution in [0.25, 0.3) is 11.2 Å². The number of rotatable bonds is 13. The Labute approximate surface area is 188 Å². The lowest BCUT2D eigenvalue weighted by Gasteiger charge is -2.11. The summed E-state index contributed by atoms with van der Waals surface area (Å²) in [5, 5.41) is 3.49. The number of imidazole rings is 1. The van der Waals surface area contributed by atoms with Crippen molar-refractivity contribution in [2.75, 3.05) is 11.9 Å². The van der Waals surface area contributed by atoms with Gasteiger partial charge in [-0.2, -0.15) is 0 Å². The molecule has 1 aliphatic rings. The molecule has 1 N–H and O–H groups in total. The maximum absolute atomic E-state index is 4.61. The van der Waals surface area contributed by atoms with Crippen molar-refractivity contribution in [2.45, 2.75) is 103 Å². The van der Waals surface area contributed by atoms with Crippen molar-refractivity contribution in [3.05, 3.63) is 12.7 Å². The van der Waals surface area contributed by atoms with Crippen molar-refractivity contribution < 1.29 is 0 Å². The number of nitrogens with zero attached hydrogens (tertiary/aromatic N) is 4. The molecule has 0 aliphatic heterocycles. The zero-order chi connectivity index (χ0) is 18.7. The van der Waals surface area contributed by atoms with Crippen LogP contribution in [-0.2, 0) is 0 Å². The molecule has 2 heterocycles. The van der Waals surface area contributed by atoms with Gasteiger partial charge >= 0.3 is 0 Å². The Morgan fingerprint density at radius 1 is 0.862 bits per heavy atom. The van der Waals surface area contributed by atoms with Crippen LogP contribution in [0.1, 0.15) is 103 Å². The SMILES string of the molecule is CCCCCCCCCCCCNc1ncnc2c1ncn2C1CCCC1.Cl.Cl. The summed E-state index contributed by atoms with van der Waals surface area (Å²) in [4.78, 5) is 13.5. The van der Waals surface area contributed by atoms with Gasteiger partial charge in [0.15, 0.2) is 11.5 Å². The van der Waals surface area contributed by atoms with Gasteiger partial charge in [0.05, 0.1) is 6.33 Å². The minimum absolute atomic E-state index is 0.